The van der Waals surface area contributed by atoms with Crippen molar-refractivity contribution >= 4 is 15.9 Å². The van der Waals surface area contributed by atoms with Gasteiger partial charge in [0.25, 0.3) is 0 Å². The van der Waals surface area contributed by atoms with Crippen molar-refractivity contribution in [2.75, 3.05) is 19.8 Å². The lowest BCUT2D eigenvalue weighted by molar-refractivity contribution is 0.296. The van der Waals surface area contributed by atoms with Crippen molar-refractivity contribution in [1.29, 1.82) is 0 Å². The highest BCUT2D eigenvalue weighted by atomic mass is 79.9. The zero-order chi connectivity index (χ0) is 13.0. The molecular weight excluding hydrogens is 294 g/mol. The zero-order valence-electron chi connectivity index (χ0n) is 11.0. The van der Waals surface area contributed by atoms with E-state index in [2.05, 4.69) is 47.2 Å². The highest BCUT2D eigenvalue weighted by Gasteiger charge is 2.15. The number of benzene rings is 1. The fourth-order valence-electron chi connectivity index (χ4n) is 1.93. The molecule has 0 saturated heterocycles. The van der Waals surface area contributed by atoms with E-state index in [0.717, 1.165) is 48.6 Å². The SMILES string of the molecule is CC(C)NCCc1cc(Br)c2c(c1)OCCCO2. The summed E-state index contributed by atoms with van der Waals surface area (Å²) in [7, 11) is 0. The van der Waals surface area contributed by atoms with Gasteiger partial charge in [0, 0.05) is 12.5 Å². The van der Waals surface area contributed by atoms with E-state index < -0.39 is 0 Å². The van der Waals surface area contributed by atoms with Gasteiger partial charge in [-0.3, -0.25) is 0 Å². The molecule has 1 aromatic carbocycles. The summed E-state index contributed by atoms with van der Waals surface area (Å²) in [6.07, 6.45) is 1.93. The molecule has 4 heteroatoms. The van der Waals surface area contributed by atoms with Crippen LogP contribution < -0.4 is 14.8 Å². The molecule has 0 spiro atoms. The van der Waals surface area contributed by atoms with Crippen molar-refractivity contribution in [3.8, 4) is 11.5 Å². The van der Waals surface area contributed by atoms with E-state index in [0.29, 0.717) is 6.04 Å². The molecule has 18 heavy (non-hydrogen) atoms. The number of fused-ring (bicyclic) bond motifs is 1. The molecule has 0 fully saturated rings. The fraction of sp³-hybridized carbons (Fsp3) is 0.571. The second kappa shape index (κ2) is 6.43. The molecule has 1 heterocycles. The Bertz CT molecular complexity index is 407. The van der Waals surface area contributed by atoms with Gasteiger partial charge in [-0.1, -0.05) is 13.8 Å². The van der Waals surface area contributed by atoms with Crippen LogP contribution >= 0.6 is 15.9 Å². The minimum atomic E-state index is 0.522. The van der Waals surface area contributed by atoms with Gasteiger partial charge in [0.1, 0.15) is 0 Å². The average Bonchev–Trinajstić information content (AvgIpc) is 2.54. The van der Waals surface area contributed by atoms with Crippen molar-refractivity contribution in [1.82, 2.24) is 5.32 Å². The highest BCUT2D eigenvalue weighted by molar-refractivity contribution is 9.10. The van der Waals surface area contributed by atoms with E-state index in [1.807, 2.05) is 0 Å². The molecule has 0 saturated carbocycles. The lowest BCUT2D eigenvalue weighted by Crippen LogP contribution is -2.24. The molecule has 2 rings (SSSR count). The molecule has 0 bridgehead atoms. The Kier molecular flexibility index (Phi) is 4.89. The first kappa shape index (κ1) is 13.7. The highest BCUT2D eigenvalue weighted by Crippen LogP contribution is 2.38. The Morgan fingerprint density at radius 2 is 2.06 bits per heavy atom. The third-order valence-corrected chi connectivity index (χ3v) is 3.42. The summed E-state index contributed by atoms with van der Waals surface area (Å²) in [5, 5.41) is 3.42. The van der Waals surface area contributed by atoms with E-state index in [4.69, 9.17) is 9.47 Å². The number of hydrogen-bond acceptors (Lipinski definition) is 3. The zero-order valence-corrected chi connectivity index (χ0v) is 12.5. The number of hydrogen-bond donors (Lipinski definition) is 1. The summed E-state index contributed by atoms with van der Waals surface area (Å²) in [6, 6.07) is 4.73. The Labute approximate surface area is 117 Å². The molecular formula is C14H20BrNO2. The first-order valence-electron chi connectivity index (χ1n) is 6.48. The lowest BCUT2D eigenvalue weighted by Gasteiger charge is -2.13. The molecule has 0 aromatic heterocycles. The molecule has 1 N–H and O–H groups in total. The molecule has 0 radical (unpaired) electrons. The van der Waals surface area contributed by atoms with Gasteiger partial charge < -0.3 is 14.8 Å². The maximum atomic E-state index is 5.72. The topological polar surface area (TPSA) is 30.5 Å². The third-order valence-electron chi connectivity index (χ3n) is 2.83. The maximum absolute atomic E-state index is 5.72. The van der Waals surface area contributed by atoms with E-state index in [1.54, 1.807) is 0 Å². The molecule has 0 amide bonds. The predicted molar refractivity (Wildman–Crippen MR) is 76.6 cm³/mol. The number of nitrogens with one attached hydrogen (secondary N) is 1. The van der Waals surface area contributed by atoms with Crippen LogP contribution in [0.5, 0.6) is 11.5 Å². The Morgan fingerprint density at radius 1 is 1.28 bits per heavy atom. The van der Waals surface area contributed by atoms with Gasteiger partial charge in [0.2, 0.25) is 0 Å². The minimum Gasteiger partial charge on any atom is -0.490 e. The first-order valence-corrected chi connectivity index (χ1v) is 7.27. The van der Waals surface area contributed by atoms with Crippen molar-refractivity contribution in [3.63, 3.8) is 0 Å². The van der Waals surface area contributed by atoms with Crippen LogP contribution in [-0.2, 0) is 6.42 Å². The second-order valence-electron chi connectivity index (χ2n) is 4.81. The third kappa shape index (κ3) is 3.62. The van der Waals surface area contributed by atoms with Crippen LogP contribution in [0.3, 0.4) is 0 Å². The van der Waals surface area contributed by atoms with Gasteiger partial charge in [0.05, 0.1) is 17.7 Å². The van der Waals surface area contributed by atoms with Crippen LogP contribution in [-0.4, -0.2) is 25.8 Å². The summed E-state index contributed by atoms with van der Waals surface area (Å²) in [5.41, 5.74) is 1.26. The second-order valence-corrected chi connectivity index (χ2v) is 5.67. The average molecular weight is 314 g/mol. The first-order chi connectivity index (χ1) is 8.66. The summed E-state index contributed by atoms with van der Waals surface area (Å²) in [6.45, 7) is 6.74. The van der Waals surface area contributed by atoms with Gasteiger partial charge in [0.15, 0.2) is 11.5 Å². The van der Waals surface area contributed by atoms with E-state index in [1.165, 1.54) is 5.56 Å². The van der Waals surface area contributed by atoms with Gasteiger partial charge in [-0.05, 0) is 46.6 Å². The van der Waals surface area contributed by atoms with Crippen LogP contribution in [0, 0.1) is 0 Å². The van der Waals surface area contributed by atoms with Gasteiger partial charge >= 0.3 is 0 Å². The number of rotatable bonds is 4. The summed E-state index contributed by atoms with van der Waals surface area (Å²) in [5.74, 6) is 1.70. The summed E-state index contributed by atoms with van der Waals surface area (Å²) in [4.78, 5) is 0. The van der Waals surface area contributed by atoms with Crippen molar-refractivity contribution < 1.29 is 9.47 Å². The van der Waals surface area contributed by atoms with Crippen LogP contribution in [0.4, 0.5) is 0 Å². The Morgan fingerprint density at radius 3 is 2.83 bits per heavy atom. The van der Waals surface area contributed by atoms with Gasteiger partial charge in [-0.25, -0.2) is 0 Å². The number of halogens is 1. The Hall–Kier alpha value is -0.740. The van der Waals surface area contributed by atoms with E-state index >= 15 is 0 Å². The smallest absolute Gasteiger partial charge is 0.175 e. The van der Waals surface area contributed by atoms with Crippen LogP contribution in [0.25, 0.3) is 0 Å². The molecule has 3 nitrogen and oxygen atoms in total. The predicted octanol–water partition coefficient (Wildman–Crippen LogP) is 3.15. The van der Waals surface area contributed by atoms with E-state index in [-0.39, 0.29) is 0 Å². The molecule has 100 valence electrons. The van der Waals surface area contributed by atoms with Gasteiger partial charge in [-0.2, -0.15) is 0 Å². The van der Waals surface area contributed by atoms with Crippen LogP contribution in [0.1, 0.15) is 25.8 Å². The normalized spacial score (nSPS) is 14.7. The summed E-state index contributed by atoms with van der Waals surface area (Å²) < 4.78 is 12.4. The number of ether oxygens (including phenoxy) is 2. The van der Waals surface area contributed by atoms with Crippen molar-refractivity contribution in [2.45, 2.75) is 32.7 Å². The molecule has 1 aliphatic heterocycles. The molecule has 0 unspecified atom stereocenters. The minimum absolute atomic E-state index is 0.522. The standard InChI is InChI=1S/C14H20BrNO2/c1-10(2)16-5-4-11-8-12(15)14-13(9-11)17-6-3-7-18-14/h8-10,16H,3-7H2,1-2H3. The molecule has 1 aromatic rings. The lowest BCUT2D eigenvalue weighted by atomic mass is 10.1. The van der Waals surface area contributed by atoms with Crippen molar-refractivity contribution in [2.24, 2.45) is 0 Å². The Balaban J connectivity index is 2.08. The largest absolute Gasteiger partial charge is 0.490 e. The molecule has 0 aliphatic carbocycles. The van der Waals surface area contributed by atoms with Crippen LogP contribution in [0.15, 0.2) is 16.6 Å². The van der Waals surface area contributed by atoms with E-state index in [9.17, 15) is 0 Å². The molecule has 1 aliphatic rings. The monoisotopic (exact) mass is 313 g/mol. The quantitative estimate of drug-likeness (QED) is 0.926. The maximum Gasteiger partial charge on any atom is 0.175 e. The van der Waals surface area contributed by atoms with Crippen molar-refractivity contribution in [3.05, 3.63) is 22.2 Å². The molecule has 0 atom stereocenters. The summed E-state index contributed by atoms with van der Waals surface area (Å²) >= 11 is 3.56. The fourth-order valence-corrected chi connectivity index (χ4v) is 2.54. The van der Waals surface area contributed by atoms with Crippen LogP contribution in [0.2, 0.25) is 0 Å². The van der Waals surface area contributed by atoms with Gasteiger partial charge in [-0.15, -0.1) is 0 Å².